The van der Waals surface area contributed by atoms with Gasteiger partial charge >= 0.3 is 0 Å². The molecule has 2 amide bonds. The van der Waals surface area contributed by atoms with Crippen LogP contribution < -0.4 is 20.2 Å². The second-order valence-electron chi connectivity index (χ2n) is 7.76. The number of nitrogens with one attached hydrogen (secondary N) is 2. The average molecular weight is 556 g/mol. The summed E-state index contributed by atoms with van der Waals surface area (Å²) in [5, 5.41) is 6.78. The maximum atomic E-state index is 13.1. The number of carbonyl (C=O) groups is 2. The highest BCUT2D eigenvalue weighted by molar-refractivity contribution is 9.10. The Morgan fingerprint density at radius 1 is 0.972 bits per heavy atom. The lowest BCUT2D eigenvalue weighted by Crippen LogP contribution is -2.18. The minimum atomic E-state index is -0.299. The maximum Gasteiger partial charge on any atom is 0.240 e. The molecule has 3 rings (SSSR count). The van der Waals surface area contributed by atoms with E-state index in [0.717, 1.165) is 10.0 Å². The molecule has 36 heavy (non-hydrogen) atoms. The fourth-order valence-electron chi connectivity index (χ4n) is 3.17. The van der Waals surface area contributed by atoms with E-state index in [4.69, 9.17) is 9.47 Å². The Labute approximate surface area is 217 Å². The molecule has 0 aliphatic carbocycles. The van der Waals surface area contributed by atoms with Crippen molar-refractivity contribution < 1.29 is 23.5 Å². The summed E-state index contributed by atoms with van der Waals surface area (Å²) in [6.07, 6.45) is 2.30. The van der Waals surface area contributed by atoms with Crippen molar-refractivity contribution in [2.45, 2.75) is 32.8 Å². The van der Waals surface area contributed by atoms with Crippen molar-refractivity contribution in [3.8, 4) is 11.5 Å². The van der Waals surface area contributed by atoms with E-state index in [1.807, 2.05) is 19.1 Å². The van der Waals surface area contributed by atoms with Crippen molar-refractivity contribution >= 4 is 39.6 Å². The summed E-state index contributed by atoms with van der Waals surface area (Å²) in [7, 11) is 0. The number of anilines is 1. The Kier molecular flexibility index (Phi) is 10.4. The molecule has 7 nitrogen and oxygen atoms in total. The maximum absolute atomic E-state index is 13.1. The summed E-state index contributed by atoms with van der Waals surface area (Å²) in [6, 6.07) is 18.7. The number of benzene rings is 3. The second kappa shape index (κ2) is 14.0. The molecule has 0 saturated carbocycles. The monoisotopic (exact) mass is 555 g/mol. The van der Waals surface area contributed by atoms with Gasteiger partial charge in [-0.05, 0) is 73.0 Å². The van der Waals surface area contributed by atoms with E-state index in [2.05, 4.69) is 31.8 Å². The molecule has 9 heteroatoms. The number of rotatable bonds is 12. The molecule has 0 unspecified atom stereocenters. The lowest BCUT2D eigenvalue weighted by atomic mass is 10.2. The molecular weight excluding hydrogens is 529 g/mol. The number of amides is 2. The Morgan fingerprint density at radius 2 is 1.75 bits per heavy atom. The smallest absolute Gasteiger partial charge is 0.240 e. The molecule has 0 aliphatic rings. The van der Waals surface area contributed by atoms with Gasteiger partial charge in [0.2, 0.25) is 11.8 Å². The first-order valence-corrected chi connectivity index (χ1v) is 12.2. The van der Waals surface area contributed by atoms with Crippen LogP contribution in [0.15, 0.2) is 76.3 Å². The Balaban J connectivity index is 1.44. The lowest BCUT2D eigenvalue weighted by molar-refractivity contribution is -0.121. The zero-order chi connectivity index (χ0) is 25.8. The number of nitrogens with zero attached hydrogens (tertiary/aromatic N) is 1. The van der Waals surface area contributed by atoms with Crippen molar-refractivity contribution in [3.05, 3.63) is 88.1 Å². The molecule has 0 atom stereocenters. The molecule has 0 saturated heterocycles. The van der Waals surface area contributed by atoms with Crippen LogP contribution in [-0.4, -0.2) is 24.6 Å². The molecule has 3 aromatic carbocycles. The summed E-state index contributed by atoms with van der Waals surface area (Å²) in [5.74, 6) is 0.335. The third-order valence-corrected chi connectivity index (χ3v) is 5.39. The average Bonchev–Trinajstić information content (AvgIpc) is 2.85. The zero-order valence-corrected chi connectivity index (χ0v) is 21.4. The highest BCUT2D eigenvalue weighted by atomic mass is 79.9. The Hall–Kier alpha value is -3.72. The second-order valence-corrected chi connectivity index (χ2v) is 8.68. The normalized spacial score (nSPS) is 10.8. The van der Waals surface area contributed by atoms with Crippen LogP contribution in [0.2, 0.25) is 0 Å². The Bertz CT molecular complexity index is 1200. The molecule has 2 N–H and O–H groups in total. The summed E-state index contributed by atoms with van der Waals surface area (Å²) >= 11 is 3.36. The first kappa shape index (κ1) is 26.9. The van der Waals surface area contributed by atoms with Crippen LogP contribution in [0.3, 0.4) is 0 Å². The van der Waals surface area contributed by atoms with Gasteiger partial charge in [0.05, 0.1) is 12.8 Å². The number of hydrogen-bond acceptors (Lipinski definition) is 5. The topological polar surface area (TPSA) is 89.0 Å². The van der Waals surface area contributed by atoms with Gasteiger partial charge in [-0.2, -0.15) is 5.10 Å². The van der Waals surface area contributed by atoms with Crippen LogP contribution in [0.4, 0.5) is 10.1 Å². The van der Waals surface area contributed by atoms with E-state index in [-0.39, 0.29) is 37.1 Å². The van der Waals surface area contributed by atoms with Crippen molar-refractivity contribution in [1.82, 2.24) is 5.43 Å². The van der Waals surface area contributed by atoms with E-state index >= 15 is 0 Å². The lowest BCUT2D eigenvalue weighted by Gasteiger charge is -2.12. The van der Waals surface area contributed by atoms with Crippen molar-refractivity contribution in [2.75, 3.05) is 11.9 Å². The molecule has 0 fully saturated rings. The van der Waals surface area contributed by atoms with E-state index in [1.165, 1.54) is 18.3 Å². The van der Waals surface area contributed by atoms with Crippen LogP contribution in [0.5, 0.6) is 11.5 Å². The molecule has 3 aromatic rings. The summed E-state index contributed by atoms with van der Waals surface area (Å²) in [5.41, 5.74) is 4.71. The predicted octanol–water partition coefficient (Wildman–Crippen LogP) is 5.83. The van der Waals surface area contributed by atoms with Gasteiger partial charge in [0.1, 0.15) is 12.4 Å². The van der Waals surface area contributed by atoms with Crippen molar-refractivity contribution in [2.24, 2.45) is 5.10 Å². The fourth-order valence-corrected chi connectivity index (χ4v) is 3.57. The van der Waals surface area contributed by atoms with Crippen LogP contribution >= 0.6 is 15.9 Å². The largest absolute Gasteiger partial charge is 0.490 e. The van der Waals surface area contributed by atoms with Crippen LogP contribution in [0, 0.1) is 5.82 Å². The molecule has 0 heterocycles. The van der Waals surface area contributed by atoms with Gasteiger partial charge in [-0.1, -0.05) is 34.1 Å². The molecule has 0 aromatic heterocycles. The summed E-state index contributed by atoms with van der Waals surface area (Å²) in [6.45, 7) is 2.58. The molecule has 0 bridgehead atoms. The van der Waals surface area contributed by atoms with E-state index in [9.17, 15) is 14.0 Å². The third kappa shape index (κ3) is 9.14. The van der Waals surface area contributed by atoms with Gasteiger partial charge in [-0.3, -0.25) is 9.59 Å². The molecule has 0 radical (unpaired) electrons. The minimum Gasteiger partial charge on any atom is -0.490 e. The van der Waals surface area contributed by atoms with Crippen molar-refractivity contribution in [3.63, 3.8) is 0 Å². The van der Waals surface area contributed by atoms with Crippen molar-refractivity contribution in [1.29, 1.82) is 0 Å². The predicted molar refractivity (Wildman–Crippen MR) is 141 cm³/mol. The SMILES string of the molecule is CCOc1cc(/C=N\NC(=O)CCCC(=O)Nc2cccc(Br)c2)ccc1OCc1ccc(F)cc1. The number of hydrazone groups is 1. The van der Waals surface area contributed by atoms with Crippen LogP contribution in [-0.2, 0) is 16.2 Å². The fraction of sp³-hybridized carbons (Fsp3) is 0.222. The number of ether oxygens (including phenoxy) is 2. The van der Waals surface area contributed by atoms with Gasteiger partial charge in [0, 0.05) is 23.0 Å². The number of halogens is 2. The highest BCUT2D eigenvalue weighted by Crippen LogP contribution is 2.29. The Morgan fingerprint density at radius 3 is 2.50 bits per heavy atom. The van der Waals surface area contributed by atoms with E-state index in [1.54, 1.807) is 42.5 Å². The molecule has 0 aliphatic heterocycles. The van der Waals surface area contributed by atoms with Gasteiger partial charge in [-0.25, -0.2) is 9.82 Å². The van der Waals surface area contributed by atoms with Crippen LogP contribution in [0.1, 0.15) is 37.3 Å². The van der Waals surface area contributed by atoms with Gasteiger partial charge in [-0.15, -0.1) is 0 Å². The number of carbonyl (C=O) groups excluding carboxylic acids is 2. The highest BCUT2D eigenvalue weighted by Gasteiger charge is 2.08. The quantitative estimate of drug-likeness (QED) is 0.217. The first-order valence-electron chi connectivity index (χ1n) is 11.4. The molecule has 188 valence electrons. The number of hydrogen-bond donors (Lipinski definition) is 2. The standard InChI is InChI=1S/C27H27BrFN3O4/c1-2-35-25-15-20(11-14-24(25)36-18-19-9-12-22(29)13-10-19)17-30-32-27(34)8-4-7-26(33)31-23-6-3-5-21(28)16-23/h3,5-6,9-17H,2,4,7-8,18H2,1H3,(H,31,33)(H,32,34)/b30-17-. The zero-order valence-electron chi connectivity index (χ0n) is 19.8. The van der Waals surface area contributed by atoms with Crippen LogP contribution in [0.25, 0.3) is 0 Å². The van der Waals surface area contributed by atoms with E-state index < -0.39 is 0 Å². The van der Waals surface area contributed by atoms with Gasteiger partial charge in [0.15, 0.2) is 11.5 Å². The van der Waals surface area contributed by atoms with E-state index in [0.29, 0.717) is 35.8 Å². The summed E-state index contributed by atoms with van der Waals surface area (Å²) in [4.78, 5) is 24.1. The molecule has 0 spiro atoms. The minimum absolute atomic E-state index is 0.158. The van der Waals surface area contributed by atoms with Gasteiger partial charge in [0.25, 0.3) is 0 Å². The first-order chi connectivity index (χ1) is 17.4. The summed E-state index contributed by atoms with van der Waals surface area (Å²) < 4.78 is 25.4. The van der Waals surface area contributed by atoms with Gasteiger partial charge < -0.3 is 14.8 Å². The third-order valence-electron chi connectivity index (χ3n) is 4.89. The molecular formula is C27H27BrFN3O4.